The highest BCUT2D eigenvalue weighted by Gasteiger charge is 2.39. The van der Waals surface area contributed by atoms with Crippen molar-refractivity contribution in [1.82, 2.24) is 5.48 Å². The van der Waals surface area contributed by atoms with Crippen molar-refractivity contribution < 1.29 is 36.0 Å². The predicted molar refractivity (Wildman–Crippen MR) is 26.2 cm³/mol. The van der Waals surface area contributed by atoms with E-state index in [0.29, 0.717) is 5.48 Å². The van der Waals surface area contributed by atoms with Crippen LogP contribution in [0, 0.1) is 0 Å². The molecule has 78 valence electrons. The van der Waals surface area contributed by atoms with E-state index in [-0.39, 0.29) is 0 Å². The van der Waals surface area contributed by atoms with Gasteiger partial charge in [-0.1, -0.05) is 0 Å². The topological polar surface area (TPSA) is 38.3 Å². The zero-order valence-electron chi connectivity index (χ0n) is 5.79. The van der Waals surface area contributed by atoms with Gasteiger partial charge in [0.15, 0.2) is 6.61 Å². The lowest BCUT2D eigenvalue weighted by molar-refractivity contribution is -0.209. The summed E-state index contributed by atoms with van der Waals surface area (Å²) in [6.07, 6.45) is -10.1. The third-order valence-electron chi connectivity index (χ3n) is 0.658. The Morgan fingerprint density at radius 3 is 1.92 bits per heavy atom. The monoisotopic (exact) mass is 211 g/mol. The zero-order valence-corrected chi connectivity index (χ0v) is 5.79. The zero-order chi connectivity index (χ0) is 10.7. The van der Waals surface area contributed by atoms with E-state index in [0.717, 1.165) is 0 Å². The van der Waals surface area contributed by atoms with Gasteiger partial charge in [0.25, 0.3) is 0 Å². The number of hydroxylamine groups is 1. The van der Waals surface area contributed by atoms with Crippen LogP contribution < -0.4 is 5.48 Å². The second kappa shape index (κ2) is 3.81. The molecule has 0 rings (SSSR count). The fourth-order valence-corrected chi connectivity index (χ4v) is 0.241. The Bertz CT molecular complexity index is 184. The van der Waals surface area contributed by atoms with Gasteiger partial charge in [-0.15, -0.1) is 0 Å². The number of halogens is 6. The van der Waals surface area contributed by atoms with Crippen molar-refractivity contribution in [3.8, 4) is 0 Å². The maximum Gasteiger partial charge on any atom is 0.473 e. The maximum absolute atomic E-state index is 11.3. The van der Waals surface area contributed by atoms with Gasteiger partial charge in [-0.05, 0) is 0 Å². The number of alkyl halides is 6. The van der Waals surface area contributed by atoms with Crippen molar-refractivity contribution in [2.75, 3.05) is 6.61 Å². The molecule has 0 radical (unpaired) electrons. The highest BCUT2D eigenvalue weighted by Crippen LogP contribution is 2.16. The molecule has 0 aliphatic heterocycles. The number of rotatable bonds is 2. The van der Waals surface area contributed by atoms with Gasteiger partial charge in [0, 0.05) is 0 Å². The Morgan fingerprint density at radius 1 is 1.15 bits per heavy atom. The van der Waals surface area contributed by atoms with E-state index < -0.39 is 24.9 Å². The Labute approximate surface area is 67.6 Å². The highest BCUT2D eigenvalue weighted by atomic mass is 19.4. The van der Waals surface area contributed by atoms with Crippen molar-refractivity contribution in [3.05, 3.63) is 0 Å². The average molecular weight is 211 g/mol. The third kappa shape index (κ3) is 6.20. The maximum atomic E-state index is 11.3. The van der Waals surface area contributed by atoms with E-state index in [4.69, 9.17) is 0 Å². The lowest BCUT2D eigenvalue weighted by Gasteiger charge is -2.09. The highest BCUT2D eigenvalue weighted by molar-refractivity contribution is 5.80. The Kier molecular flexibility index (Phi) is 3.52. The van der Waals surface area contributed by atoms with E-state index >= 15 is 0 Å². The molecule has 13 heavy (non-hydrogen) atoms. The van der Waals surface area contributed by atoms with Crippen molar-refractivity contribution in [3.63, 3.8) is 0 Å². The molecule has 0 heterocycles. The van der Waals surface area contributed by atoms with Crippen LogP contribution in [0.2, 0.25) is 0 Å². The molecule has 0 aromatic rings. The van der Waals surface area contributed by atoms with Gasteiger partial charge in [0.2, 0.25) is 0 Å². The minimum Gasteiger partial charge on any atom is -0.264 e. The standard InChI is InChI=1S/C4H3F6NO2/c5-3(6,7)1-13-11-2(12)4(8,9)10/h1H2,(H,11,12). The lowest BCUT2D eigenvalue weighted by Crippen LogP contribution is -2.38. The summed E-state index contributed by atoms with van der Waals surface area (Å²) in [5, 5.41) is 0. The molecule has 0 saturated carbocycles. The minimum atomic E-state index is -5.26. The van der Waals surface area contributed by atoms with Gasteiger partial charge < -0.3 is 0 Å². The second-order valence-electron chi connectivity index (χ2n) is 1.83. The molecule has 0 bridgehead atoms. The molecule has 0 aliphatic rings. The minimum absolute atomic E-state index is 0.595. The largest absolute Gasteiger partial charge is 0.473 e. The van der Waals surface area contributed by atoms with E-state index in [1.807, 2.05) is 0 Å². The summed E-state index contributed by atoms with van der Waals surface area (Å²) in [5.41, 5.74) is 0.595. The van der Waals surface area contributed by atoms with E-state index in [1.165, 1.54) is 0 Å². The normalized spacial score (nSPS) is 12.8. The molecule has 0 aromatic carbocycles. The summed E-state index contributed by atoms with van der Waals surface area (Å²) >= 11 is 0. The molecule has 0 atom stereocenters. The average Bonchev–Trinajstić information content (AvgIpc) is 1.82. The van der Waals surface area contributed by atoms with Gasteiger partial charge in [-0.2, -0.15) is 26.3 Å². The van der Waals surface area contributed by atoms with Crippen molar-refractivity contribution in [2.24, 2.45) is 0 Å². The fraction of sp³-hybridized carbons (Fsp3) is 0.750. The molecule has 1 amide bonds. The van der Waals surface area contributed by atoms with Crippen molar-refractivity contribution >= 4 is 5.91 Å². The van der Waals surface area contributed by atoms with Crippen LogP contribution in [0.1, 0.15) is 0 Å². The number of hydrogen-bond acceptors (Lipinski definition) is 2. The SMILES string of the molecule is O=C(NOCC(F)(F)F)C(F)(F)F. The number of hydrogen-bond donors (Lipinski definition) is 1. The number of nitrogens with one attached hydrogen (secondary N) is 1. The van der Waals surface area contributed by atoms with Crippen LogP contribution in [0.5, 0.6) is 0 Å². The molecule has 0 spiro atoms. The Hall–Kier alpha value is -0.990. The summed E-state index contributed by atoms with van der Waals surface area (Å²) in [4.78, 5) is 13.1. The molecule has 0 saturated heterocycles. The van der Waals surface area contributed by atoms with Crippen LogP contribution in [0.4, 0.5) is 26.3 Å². The first-order valence-corrected chi connectivity index (χ1v) is 2.68. The number of carbonyl (C=O) groups is 1. The smallest absolute Gasteiger partial charge is 0.264 e. The van der Waals surface area contributed by atoms with Crippen LogP contribution in [0.3, 0.4) is 0 Å². The molecular formula is C4H3F6NO2. The van der Waals surface area contributed by atoms with E-state index in [1.54, 1.807) is 0 Å². The number of carbonyl (C=O) groups excluding carboxylic acids is 1. The molecule has 0 aliphatic carbocycles. The summed E-state index contributed by atoms with van der Waals surface area (Å²) in [6, 6.07) is 0. The summed E-state index contributed by atoms with van der Waals surface area (Å²) in [7, 11) is 0. The van der Waals surface area contributed by atoms with Crippen molar-refractivity contribution in [1.29, 1.82) is 0 Å². The van der Waals surface area contributed by atoms with Crippen LogP contribution in [-0.4, -0.2) is 24.9 Å². The molecular weight excluding hydrogens is 208 g/mol. The van der Waals surface area contributed by atoms with Crippen LogP contribution in [0.15, 0.2) is 0 Å². The van der Waals surface area contributed by atoms with Gasteiger partial charge in [0.1, 0.15) is 0 Å². The first-order valence-electron chi connectivity index (χ1n) is 2.68. The fourth-order valence-electron chi connectivity index (χ4n) is 0.241. The van der Waals surface area contributed by atoms with Crippen molar-refractivity contribution in [2.45, 2.75) is 12.4 Å². The quantitative estimate of drug-likeness (QED) is 0.549. The van der Waals surface area contributed by atoms with Gasteiger partial charge in [-0.25, -0.2) is 5.48 Å². The van der Waals surface area contributed by atoms with Crippen LogP contribution in [-0.2, 0) is 9.63 Å². The lowest BCUT2D eigenvalue weighted by atomic mass is 10.6. The first kappa shape index (κ1) is 12.0. The molecule has 0 fully saturated rings. The Balaban J connectivity index is 3.74. The predicted octanol–water partition coefficient (Wildman–Crippen LogP) is 1.16. The van der Waals surface area contributed by atoms with Gasteiger partial charge >= 0.3 is 18.3 Å². The van der Waals surface area contributed by atoms with E-state index in [9.17, 15) is 31.1 Å². The molecule has 1 N–H and O–H groups in total. The van der Waals surface area contributed by atoms with Crippen LogP contribution in [0.25, 0.3) is 0 Å². The number of amides is 1. The third-order valence-corrected chi connectivity index (χ3v) is 0.658. The van der Waals surface area contributed by atoms with Gasteiger partial charge in [-0.3, -0.25) is 9.63 Å². The second-order valence-corrected chi connectivity index (χ2v) is 1.83. The Morgan fingerprint density at radius 2 is 1.62 bits per heavy atom. The summed E-state index contributed by atoms with van der Waals surface area (Å²) in [6.45, 7) is -1.98. The molecule has 0 aromatic heterocycles. The first-order chi connectivity index (χ1) is 5.63. The molecule has 3 nitrogen and oxygen atoms in total. The summed E-state index contributed by atoms with van der Waals surface area (Å²) in [5.74, 6) is -2.59. The summed E-state index contributed by atoms with van der Waals surface area (Å²) < 4.78 is 67.6. The molecule has 9 heteroatoms. The van der Waals surface area contributed by atoms with E-state index in [2.05, 4.69) is 4.84 Å². The van der Waals surface area contributed by atoms with Crippen LogP contribution >= 0.6 is 0 Å². The molecule has 0 unspecified atom stereocenters. The van der Waals surface area contributed by atoms with Gasteiger partial charge in [0.05, 0.1) is 0 Å².